The first-order valence-electron chi connectivity index (χ1n) is 4.67. The minimum absolute atomic E-state index is 0.416. The van der Waals surface area contributed by atoms with Gasteiger partial charge in [-0.2, -0.15) is 0 Å². The van der Waals surface area contributed by atoms with Gasteiger partial charge >= 0.3 is 0 Å². The number of rotatable bonds is 1. The van der Waals surface area contributed by atoms with Crippen LogP contribution in [0.2, 0.25) is 5.15 Å². The summed E-state index contributed by atoms with van der Waals surface area (Å²) in [6.07, 6.45) is 4.80. The van der Waals surface area contributed by atoms with Crippen molar-refractivity contribution in [2.24, 2.45) is 0 Å². The Morgan fingerprint density at radius 2 is 1.93 bits per heavy atom. The van der Waals surface area contributed by atoms with Crippen LogP contribution < -0.4 is 5.73 Å². The molecule has 0 amide bonds. The number of aromatic nitrogens is 2. The molecule has 0 aliphatic heterocycles. The van der Waals surface area contributed by atoms with E-state index in [9.17, 15) is 0 Å². The molecule has 2 rings (SSSR count). The lowest BCUT2D eigenvalue weighted by atomic mass is 10.1. The second-order valence-corrected chi connectivity index (χ2v) is 4.70. The van der Waals surface area contributed by atoms with Crippen molar-refractivity contribution < 1.29 is 0 Å². The van der Waals surface area contributed by atoms with Crippen LogP contribution in [0.3, 0.4) is 0 Å². The highest BCUT2D eigenvalue weighted by molar-refractivity contribution is 9.10. The molecule has 5 heteroatoms. The summed E-state index contributed by atoms with van der Waals surface area (Å²) in [4.78, 5) is 8.49. The molecule has 0 atom stereocenters. The molecule has 1 aliphatic rings. The van der Waals surface area contributed by atoms with Gasteiger partial charge in [0.2, 0.25) is 0 Å². The number of hydrogen-bond donors (Lipinski definition) is 1. The molecule has 0 radical (unpaired) electrons. The van der Waals surface area contributed by atoms with Gasteiger partial charge in [0.05, 0.1) is 4.47 Å². The molecular weight excluding hydrogens is 265 g/mol. The Bertz CT molecular complexity index is 327. The lowest BCUT2D eigenvalue weighted by molar-refractivity contribution is 0.668. The maximum absolute atomic E-state index is 5.92. The van der Waals surface area contributed by atoms with Gasteiger partial charge in [-0.25, -0.2) is 9.97 Å². The van der Waals surface area contributed by atoms with Gasteiger partial charge in [0.15, 0.2) is 0 Å². The standard InChI is InChI=1S/C9H11BrClN3/c10-6-7(11)13-9(14-8(6)12)5-3-1-2-4-5/h5H,1-4H2,(H2,12,13,14). The molecule has 1 aliphatic carbocycles. The lowest BCUT2D eigenvalue weighted by Crippen LogP contribution is -2.04. The maximum Gasteiger partial charge on any atom is 0.149 e. The highest BCUT2D eigenvalue weighted by atomic mass is 79.9. The first-order valence-corrected chi connectivity index (χ1v) is 5.84. The first kappa shape index (κ1) is 10.2. The molecule has 0 aromatic carbocycles. The van der Waals surface area contributed by atoms with Crippen LogP contribution in [0.4, 0.5) is 5.82 Å². The van der Waals surface area contributed by atoms with Crippen molar-refractivity contribution in [2.75, 3.05) is 5.73 Å². The molecular formula is C9H11BrClN3. The van der Waals surface area contributed by atoms with Crippen LogP contribution in [0, 0.1) is 0 Å². The van der Waals surface area contributed by atoms with Crippen molar-refractivity contribution in [1.29, 1.82) is 0 Å². The zero-order chi connectivity index (χ0) is 10.1. The molecule has 1 aromatic rings. The number of nitrogens with zero attached hydrogens (tertiary/aromatic N) is 2. The SMILES string of the molecule is Nc1nc(C2CCCC2)nc(Cl)c1Br. The Kier molecular flexibility index (Phi) is 2.93. The Morgan fingerprint density at radius 1 is 1.29 bits per heavy atom. The summed E-state index contributed by atoms with van der Waals surface area (Å²) in [5.41, 5.74) is 5.71. The van der Waals surface area contributed by atoms with E-state index in [1.54, 1.807) is 0 Å². The zero-order valence-corrected chi connectivity index (χ0v) is 9.98. The summed E-state index contributed by atoms with van der Waals surface area (Å²) in [5, 5.41) is 0.416. The molecule has 0 spiro atoms. The quantitative estimate of drug-likeness (QED) is 0.802. The normalized spacial score (nSPS) is 17.6. The number of anilines is 1. The molecule has 1 aromatic heterocycles. The highest BCUT2D eigenvalue weighted by Crippen LogP contribution is 2.34. The van der Waals surface area contributed by atoms with Crippen LogP contribution in [0.15, 0.2) is 4.47 Å². The maximum atomic E-state index is 5.92. The van der Waals surface area contributed by atoms with Gasteiger partial charge in [0.1, 0.15) is 16.8 Å². The number of nitrogen functional groups attached to an aromatic ring is 1. The molecule has 2 N–H and O–H groups in total. The molecule has 14 heavy (non-hydrogen) atoms. The summed E-state index contributed by atoms with van der Waals surface area (Å²) < 4.78 is 0.598. The minimum Gasteiger partial charge on any atom is -0.383 e. The fraction of sp³-hybridized carbons (Fsp3) is 0.556. The van der Waals surface area contributed by atoms with Gasteiger partial charge in [0.25, 0.3) is 0 Å². The Hall–Kier alpha value is -0.350. The van der Waals surface area contributed by atoms with Crippen LogP contribution >= 0.6 is 27.5 Å². The van der Waals surface area contributed by atoms with E-state index in [4.69, 9.17) is 17.3 Å². The third-order valence-electron chi connectivity index (χ3n) is 2.57. The second kappa shape index (κ2) is 4.03. The molecule has 76 valence electrons. The average Bonchev–Trinajstić information content (AvgIpc) is 2.66. The fourth-order valence-electron chi connectivity index (χ4n) is 1.82. The van der Waals surface area contributed by atoms with Crippen LogP contribution in [-0.2, 0) is 0 Å². The molecule has 1 fully saturated rings. The van der Waals surface area contributed by atoms with Gasteiger partial charge in [-0.05, 0) is 28.8 Å². The lowest BCUT2D eigenvalue weighted by Gasteiger charge is -2.09. The van der Waals surface area contributed by atoms with Crippen LogP contribution in [0.1, 0.15) is 37.4 Å². The van der Waals surface area contributed by atoms with Gasteiger partial charge in [0, 0.05) is 5.92 Å². The van der Waals surface area contributed by atoms with Gasteiger partial charge in [-0.3, -0.25) is 0 Å². The minimum atomic E-state index is 0.416. The summed E-state index contributed by atoms with van der Waals surface area (Å²) in [6, 6.07) is 0. The Labute approximate surface area is 96.2 Å². The van der Waals surface area contributed by atoms with Gasteiger partial charge in [-0.1, -0.05) is 24.4 Å². The summed E-state index contributed by atoms with van der Waals surface area (Å²) in [7, 11) is 0. The first-order chi connectivity index (χ1) is 6.68. The van der Waals surface area contributed by atoms with Crippen molar-refractivity contribution in [3.05, 3.63) is 15.5 Å². The average molecular weight is 277 g/mol. The van der Waals surface area contributed by atoms with E-state index in [2.05, 4.69) is 25.9 Å². The summed E-state index contributed by atoms with van der Waals surface area (Å²) in [6.45, 7) is 0. The summed E-state index contributed by atoms with van der Waals surface area (Å²) in [5.74, 6) is 1.68. The number of hydrogen-bond acceptors (Lipinski definition) is 3. The summed E-state index contributed by atoms with van der Waals surface area (Å²) >= 11 is 9.16. The van der Waals surface area contributed by atoms with E-state index in [-0.39, 0.29) is 0 Å². The van der Waals surface area contributed by atoms with E-state index in [1.807, 2.05) is 0 Å². The molecule has 3 nitrogen and oxygen atoms in total. The van der Waals surface area contributed by atoms with Crippen LogP contribution in [0.5, 0.6) is 0 Å². The van der Waals surface area contributed by atoms with Crippen molar-refractivity contribution >= 4 is 33.3 Å². The fourth-order valence-corrected chi connectivity index (χ4v) is 2.18. The highest BCUT2D eigenvalue weighted by Gasteiger charge is 2.21. The number of halogens is 2. The van der Waals surface area contributed by atoms with E-state index >= 15 is 0 Å². The van der Waals surface area contributed by atoms with E-state index < -0.39 is 0 Å². The van der Waals surface area contributed by atoms with E-state index in [0.717, 1.165) is 18.7 Å². The van der Waals surface area contributed by atoms with Gasteiger partial charge in [-0.15, -0.1) is 0 Å². The molecule has 1 heterocycles. The third kappa shape index (κ3) is 1.86. The Morgan fingerprint density at radius 3 is 2.50 bits per heavy atom. The number of nitrogens with two attached hydrogens (primary N) is 1. The predicted molar refractivity (Wildman–Crippen MR) is 60.4 cm³/mol. The Balaban J connectivity index is 2.34. The largest absolute Gasteiger partial charge is 0.383 e. The zero-order valence-electron chi connectivity index (χ0n) is 7.63. The molecule has 0 saturated heterocycles. The molecule has 0 unspecified atom stereocenters. The predicted octanol–water partition coefficient (Wildman–Crippen LogP) is 3.13. The van der Waals surface area contributed by atoms with E-state index in [0.29, 0.717) is 21.4 Å². The van der Waals surface area contributed by atoms with Crippen molar-refractivity contribution in [3.63, 3.8) is 0 Å². The monoisotopic (exact) mass is 275 g/mol. The molecule has 0 bridgehead atoms. The van der Waals surface area contributed by atoms with Crippen LogP contribution in [0.25, 0.3) is 0 Å². The van der Waals surface area contributed by atoms with Crippen LogP contribution in [-0.4, -0.2) is 9.97 Å². The van der Waals surface area contributed by atoms with Crippen molar-refractivity contribution in [2.45, 2.75) is 31.6 Å². The van der Waals surface area contributed by atoms with E-state index in [1.165, 1.54) is 12.8 Å². The second-order valence-electron chi connectivity index (χ2n) is 3.55. The van der Waals surface area contributed by atoms with Crippen molar-refractivity contribution in [1.82, 2.24) is 9.97 Å². The topological polar surface area (TPSA) is 51.8 Å². The smallest absolute Gasteiger partial charge is 0.149 e. The third-order valence-corrected chi connectivity index (χ3v) is 3.86. The molecule has 1 saturated carbocycles. The van der Waals surface area contributed by atoms with Gasteiger partial charge < -0.3 is 5.73 Å². The van der Waals surface area contributed by atoms with Crippen molar-refractivity contribution in [3.8, 4) is 0 Å².